The molecule has 7 rings (SSSR count). The van der Waals surface area contributed by atoms with E-state index >= 15 is 0 Å². The van der Waals surface area contributed by atoms with Crippen molar-refractivity contribution in [1.29, 1.82) is 0 Å². The second-order valence-corrected chi connectivity index (χ2v) is 26.0. The summed E-state index contributed by atoms with van der Waals surface area (Å²) in [4.78, 5) is 5.19. The van der Waals surface area contributed by atoms with E-state index in [0.717, 1.165) is 32.1 Å². The van der Waals surface area contributed by atoms with Gasteiger partial charge in [0.2, 0.25) is 0 Å². The van der Waals surface area contributed by atoms with E-state index in [9.17, 15) is 0 Å². The lowest BCUT2D eigenvalue weighted by atomic mass is 9.63. The van der Waals surface area contributed by atoms with Crippen LogP contribution in [0.2, 0.25) is 0 Å². The first-order chi connectivity index (χ1) is 39.9. The van der Waals surface area contributed by atoms with Gasteiger partial charge in [0.05, 0.1) is 0 Å². The van der Waals surface area contributed by atoms with Crippen LogP contribution in [-0.2, 0) is 16.2 Å². The van der Waals surface area contributed by atoms with Crippen LogP contribution in [0.25, 0.3) is 11.1 Å². The number of hydrogen-bond acceptors (Lipinski definition) is 2. The Hall–Kier alpha value is -5.08. The minimum Gasteiger partial charge on any atom is -0.310 e. The van der Waals surface area contributed by atoms with Crippen LogP contribution in [-0.4, -0.2) is 0 Å². The molecule has 1 aliphatic carbocycles. The van der Waals surface area contributed by atoms with E-state index < -0.39 is 0 Å². The summed E-state index contributed by atoms with van der Waals surface area (Å²) in [5.41, 5.74) is 19.5. The van der Waals surface area contributed by atoms with Crippen molar-refractivity contribution in [1.82, 2.24) is 0 Å². The molecule has 0 bridgehead atoms. The molecule has 0 fully saturated rings. The molecule has 0 amide bonds. The molecule has 3 unspecified atom stereocenters. The van der Waals surface area contributed by atoms with Gasteiger partial charge in [0, 0.05) is 39.5 Å². The highest BCUT2D eigenvalue weighted by molar-refractivity contribution is 5.89. The lowest BCUT2D eigenvalue weighted by Gasteiger charge is -2.42. The van der Waals surface area contributed by atoms with E-state index in [2.05, 4.69) is 233 Å². The average molecular weight is 1100 g/mol. The first kappa shape index (κ1) is 64.5. The zero-order valence-corrected chi connectivity index (χ0v) is 54.5. The maximum absolute atomic E-state index is 2.69. The van der Waals surface area contributed by atoms with Crippen molar-refractivity contribution in [2.45, 2.75) is 279 Å². The number of nitrogens with zero attached hydrogens (tertiary/aromatic N) is 2. The van der Waals surface area contributed by atoms with Gasteiger partial charge in [0.1, 0.15) is 0 Å². The van der Waals surface area contributed by atoms with E-state index in [0.29, 0.717) is 17.8 Å². The standard InChI is InChI=1S/C80H114N2/c1-14-24-26-28-30-32-57-80(58-33-31-29-27-25-15-2)76-59-72(81(68-42-34-63(35-43-68)61(11)19-6)70-46-38-66(39-47-70)78(13,23-10)54-16-3)50-52-74(76)75-53-51-73(60-77(75)80)82(69-44-36-64(37-45-69)62(12)20-7)71-48-40-67(41-49-71)79(55-17-4,56-18-5)65(21-8)22-9/h34-53,59-62,65H,14-33,54-58H2,1-13H3. The molecule has 82 heavy (non-hydrogen) atoms. The number of rotatable bonds is 36. The third kappa shape index (κ3) is 14.5. The summed E-state index contributed by atoms with van der Waals surface area (Å²) in [5, 5.41) is 0. The average Bonchev–Trinajstić information content (AvgIpc) is 3.90. The van der Waals surface area contributed by atoms with Crippen molar-refractivity contribution in [2.75, 3.05) is 9.80 Å². The molecule has 0 heterocycles. The van der Waals surface area contributed by atoms with Crippen molar-refractivity contribution in [3.8, 4) is 11.1 Å². The minimum absolute atomic E-state index is 0.129. The van der Waals surface area contributed by atoms with Crippen molar-refractivity contribution < 1.29 is 0 Å². The van der Waals surface area contributed by atoms with Crippen LogP contribution in [0.5, 0.6) is 0 Å². The predicted octanol–water partition coefficient (Wildman–Crippen LogP) is 26.2. The topological polar surface area (TPSA) is 6.48 Å². The van der Waals surface area contributed by atoms with E-state index in [1.807, 2.05) is 0 Å². The molecule has 3 atom stereocenters. The monoisotopic (exact) mass is 1100 g/mol. The van der Waals surface area contributed by atoms with Crippen LogP contribution >= 0.6 is 0 Å². The quantitative estimate of drug-likeness (QED) is 0.0362. The number of fused-ring (bicyclic) bond motifs is 3. The fourth-order valence-electron chi connectivity index (χ4n) is 15.1. The second-order valence-electron chi connectivity index (χ2n) is 26.0. The van der Waals surface area contributed by atoms with Crippen molar-refractivity contribution in [3.05, 3.63) is 167 Å². The molecule has 0 N–H and O–H groups in total. The molecule has 6 aromatic carbocycles. The van der Waals surface area contributed by atoms with Gasteiger partial charge in [-0.15, -0.1) is 0 Å². The van der Waals surface area contributed by atoms with Gasteiger partial charge in [-0.2, -0.15) is 0 Å². The molecule has 6 aromatic rings. The zero-order chi connectivity index (χ0) is 58.7. The van der Waals surface area contributed by atoms with E-state index in [1.165, 1.54) is 201 Å². The maximum Gasteiger partial charge on any atom is 0.0465 e. The summed E-state index contributed by atoms with van der Waals surface area (Å²) in [6, 6.07) is 54.3. The highest BCUT2D eigenvalue weighted by Crippen LogP contribution is 2.57. The molecule has 0 saturated heterocycles. The lowest BCUT2D eigenvalue weighted by Crippen LogP contribution is -2.35. The zero-order valence-electron chi connectivity index (χ0n) is 54.5. The molecule has 0 aromatic heterocycles. The summed E-state index contributed by atoms with van der Waals surface area (Å²) in [7, 11) is 0. The van der Waals surface area contributed by atoms with Gasteiger partial charge in [-0.1, -0.05) is 260 Å². The number of unbranched alkanes of at least 4 members (excludes halogenated alkanes) is 10. The molecular formula is C80H114N2. The fourth-order valence-corrected chi connectivity index (χ4v) is 15.1. The van der Waals surface area contributed by atoms with Crippen LogP contribution in [0.1, 0.15) is 296 Å². The summed E-state index contributed by atoms with van der Waals surface area (Å²) in [5.74, 6) is 1.71. The Balaban J connectivity index is 1.44. The molecule has 1 aliphatic rings. The molecule has 0 radical (unpaired) electrons. The Morgan fingerprint density at radius 2 is 0.720 bits per heavy atom. The first-order valence-electron chi connectivity index (χ1n) is 34.2. The van der Waals surface area contributed by atoms with E-state index in [1.54, 1.807) is 5.56 Å². The van der Waals surface area contributed by atoms with Gasteiger partial charge in [-0.05, 0) is 197 Å². The Labute approximate surface area is 503 Å². The number of anilines is 6. The summed E-state index contributed by atoms with van der Waals surface area (Å²) < 4.78 is 0. The summed E-state index contributed by atoms with van der Waals surface area (Å²) >= 11 is 0. The van der Waals surface area contributed by atoms with Crippen LogP contribution in [0.4, 0.5) is 34.1 Å². The Morgan fingerprint density at radius 3 is 1.07 bits per heavy atom. The molecule has 444 valence electrons. The van der Waals surface area contributed by atoms with Crippen LogP contribution < -0.4 is 9.80 Å². The highest BCUT2D eigenvalue weighted by atomic mass is 15.1. The lowest BCUT2D eigenvalue weighted by molar-refractivity contribution is 0.212. The Kier molecular flexibility index (Phi) is 24.5. The number of benzene rings is 6. The number of hydrogen-bond donors (Lipinski definition) is 0. The molecule has 0 saturated carbocycles. The highest BCUT2D eigenvalue weighted by Gasteiger charge is 2.44. The molecule has 2 nitrogen and oxygen atoms in total. The second kappa shape index (κ2) is 31.2. The van der Waals surface area contributed by atoms with Crippen LogP contribution in [0, 0.1) is 5.92 Å². The molecule has 0 spiro atoms. The third-order valence-electron chi connectivity index (χ3n) is 20.7. The van der Waals surface area contributed by atoms with Crippen LogP contribution in [0.3, 0.4) is 0 Å². The van der Waals surface area contributed by atoms with Gasteiger partial charge >= 0.3 is 0 Å². The SMILES string of the molecule is CCCCCCCCC1(CCCCCCCC)c2cc(N(c3ccc(C(C)CC)cc3)c3ccc(C(C)(CC)CCC)cc3)ccc2-c2ccc(N(c3ccc(C(C)CC)cc3)c3ccc(C(CCC)(CCC)C(CC)CC)cc3)cc21. The maximum atomic E-state index is 2.69. The van der Waals surface area contributed by atoms with Crippen molar-refractivity contribution in [3.63, 3.8) is 0 Å². The summed E-state index contributed by atoms with van der Waals surface area (Å²) in [6.45, 7) is 30.9. The molecular weight excluding hydrogens is 989 g/mol. The fraction of sp³-hybridized carbons (Fsp3) is 0.550. The largest absolute Gasteiger partial charge is 0.310 e. The van der Waals surface area contributed by atoms with Gasteiger partial charge in [0.15, 0.2) is 0 Å². The van der Waals surface area contributed by atoms with Crippen LogP contribution in [0.15, 0.2) is 133 Å². The molecule has 2 heteroatoms. The Morgan fingerprint density at radius 1 is 0.366 bits per heavy atom. The smallest absolute Gasteiger partial charge is 0.0465 e. The van der Waals surface area contributed by atoms with Gasteiger partial charge in [-0.3, -0.25) is 0 Å². The Bertz CT molecular complexity index is 2770. The van der Waals surface area contributed by atoms with Crippen molar-refractivity contribution >= 4 is 34.1 Å². The van der Waals surface area contributed by atoms with E-state index in [4.69, 9.17) is 0 Å². The van der Waals surface area contributed by atoms with Gasteiger partial charge < -0.3 is 9.80 Å². The normalized spacial score (nSPS) is 14.4. The van der Waals surface area contributed by atoms with Gasteiger partial charge in [-0.25, -0.2) is 0 Å². The molecule has 0 aliphatic heterocycles. The third-order valence-corrected chi connectivity index (χ3v) is 20.7. The summed E-state index contributed by atoms with van der Waals surface area (Å²) in [6.07, 6.45) is 31.0. The van der Waals surface area contributed by atoms with E-state index in [-0.39, 0.29) is 16.2 Å². The predicted molar refractivity (Wildman–Crippen MR) is 364 cm³/mol. The van der Waals surface area contributed by atoms with Gasteiger partial charge in [0.25, 0.3) is 0 Å². The van der Waals surface area contributed by atoms with Crippen molar-refractivity contribution in [2.24, 2.45) is 5.92 Å². The minimum atomic E-state index is -0.129. The first-order valence-corrected chi connectivity index (χ1v) is 34.2.